The summed E-state index contributed by atoms with van der Waals surface area (Å²) in [5, 5.41) is 0. The molecular weight excluding hydrogens is 216 g/mol. The second kappa shape index (κ2) is 10.8. The summed E-state index contributed by atoms with van der Waals surface area (Å²) in [7, 11) is 0. The lowest BCUT2D eigenvalue weighted by Crippen LogP contribution is -1.85. The van der Waals surface area contributed by atoms with Gasteiger partial charge in [0.15, 0.2) is 0 Å². The molecule has 0 fully saturated rings. The van der Waals surface area contributed by atoms with E-state index in [2.05, 4.69) is 43.0 Å². The second-order valence-electron chi connectivity index (χ2n) is 4.81. The number of unbranched alkanes of at least 4 members (excludes halogenated alkanes) is 6. The van der Waals surface area contributed by atoms with Gasteiger partial charge in [0.25, 0.3) is 0 Å². The molecule has 1 aromatic rings. The minimum atomic E-state index is 1.20. The van der Waals surface area contributed by atoms with Crippen LogP contribution in [0.3, 0.4) is 0 Å². The number of hydrogen-bond acceptors (Lipinski definition) is 0. The van der Waals surface area contributed by atoms with E-state index in [1.165, 1.54) is 56.9 Å². The lowest BCUT2D eigenvalue weighted by atomic mass is 10.0. The highest BCUT2D eigenvalue weighted by atomic mass is 14.0. The van der Waals surface area contributed by atoms with Crippen molar-refractivity contribution in [3.05, 3.63) is 60.7 Å². The summed E-state index contributed by atoms with van der Waals surface area (Å²) in [4.78, 5) is 0. The Hall–Kier alpha value is -1.30. The van der Waals surface area contributed by atoms with Gasteiger partial charge in [-0.3, -0.25) is 0 Å². The van der Waals surface area contributed by atoms with E-state index < -0.39 is 0 Å². The van der Waals surface area contributed by atoms with Gasteiger partial charge in [-0.1, -0.05) is 80.8 Å². The van der Waals surface area contributed by atoms with Gasteiger partial charge in [-0.05, 0) is 31.2 Å². The van der Waals surface area contributed by atoms with Crippen LogP contribution < -0.4 is 0 Å². The molecule has 0 saturated carbocycles. The van der Waals surface area contributed by atoms with Crippen LogP contribution in [0.2, 0.25) is 0 Å². The Morgan fingerprint density at radius 3 is 2.22 bits per heavy atom. The summed E-state index contributed by atoms with van der Waals surface area (Å²) in [5.74, 6) is 0. The fraction of sp³-hybridized carbons (Fsp3) is 0.444. The zero-order valence-electron chi connectivity index (χ0n) is 11.5. The van der Waals surface area contributed by atoms with Crippen molar-refractivity contribution in [2.75, 3.05) is 0 Å². The van der Waals surface area contributed by atoms with Crippen molar-refractivity contribution in [1.82, 2.24) is 0 Å². The molecule has 0 spiro atoms. The lowest BCUT2D eigenvalue weighted by Gasteiger charge is -2.02. The monoisotopic (exact) mass is 242 g/mol. The van der Waals surface area contributed by atoms with E-state index in [-0.39, 0.29) is 0 Å². The first kappa shape index (κ1) is 14.8. The molecule has 0 unspecified atom stereocenters. The van der Waals surface area contributed by atoms with Gasteiger partial charge in [0.2, 0.25) is 0 Å². The van der Waals surface area contributed by atoms with Crippen LogP contribution in [0.25, 0.3) is 0 Å². The van der Waals surface area contributed by atoms with Crippen LogP contribution in [0.4, 0.5) is 0 Å². The Bertz CT molecular complexity index is 321. The predicted octanol–water partition coefficient (Wildman–Crippen LogP) is 5.70. The zero-order chi connectivity index (χ0) is 12.9. The summed E-state index contributed by atoms with van der Waals surface area (Å²) < 4.78 is 0. The topological polar surface area (TPSA) is 0 Å². The van der Waals surface area contributed by atoms with Crippen molar-refractivity contribution in [2.24, 2.45) is 0 Å². The molecule has 18 heavy (non-hydrogen) atoms. The molecule has 0 radical (unpaired) electrons. The largest absolute Gasteiger partial charge is 0.0991 e. The first-order chi connectivity index (χ1) is 8.93. The number of hydrogen-bond donors (Lipinski definition) is 0. The fourth-order valence-electron chi connectivity index (χ4n) is 2.14. The van der Waals surface area contributed by atoms with Crippen LogP contribution >= 0.6 is 0 Å². The molecule has 0 aliphatic rings. The van der Waals surface area contributed by atoms with Crippen LogP contribution in [-0.4, -0.2) is 0 Å². The van der Waals surface area contributed by atoms with Crippen molar-refractivity contribution in [3.63, 3.8) is 0 Å². The molecule has 0 aromatic heterocycles. The highest BCUT2D eigenvalue weighted by Crippen LogP contribution is 2.10. The van der Waals surface area contributed by atoms with Crippen LogP contribution in [0.5, 0.6) is 0 Å². The lowest BCUT2D eigenvalue weighted by molar-refractivity contribution is 0.597. The highest BCUT2D eigenvalue weighted by molar-refractivity contribution is 5.14. The van der Waals surface area contributed by atoms with Crippen molar-refractivity contribution in [2.45, 2.75) is 51.4 Å². The normalized spacial score (nSPS) is 10.9. The molecule has 0 atom stereocenters. The van der Waals surface area contributed by atoms with Crippen LogP contribution in [0.1, 0.15) is 50.5 Å². The van der Waals surface area contributed by atoms with Crippen LogP contribution in [0.15, 0.2) is 55.1 Å². The van der Waals surface area contributed by atoms with E-state index >= 15 is 0 Å². The Morgan fingerprint density at radius 2 is 1.50 bits per heavy atom. The maximum Gasteiger partial charge on any atom is -0.0279 e. The van der Waals surface area contributed by atoms with E-state index in [0.29, 0.717) is 0 Å². The third-order valence-corrected chi connectivity index (χ3v) is 3.20. The van der Waals surface area contributed by atoms with Gasteiger partial charge in [0.05, 0.1) is 0 Å². The third kappa shape index (κ3) is 7.89. The van der Waals surface area contributed by atoms with E-state index in [0.717, 1.165) is 0 Å². The first-order valence-electron chi connectivity index (χ1n) is 7.25. The number of aryl methyl sites for hydroxylation is 1. The molecule has 0 aliphatic heterocycles. The summed E-state index contributed by atoms with van der Waals surface area (Å²) in [6.07, 6.45) is 16.7. The Labute approximate surface area is 112 Å². The van der Waals surface area contributed by atoms with Crippen molar-refractivity contribution >= 4 is 0 Å². The smallest absolute Gasteiger partial charge is 0.0279 e. The SMILES string of the molecule is C=CC=CCCCCCCCCc1ccccc1. The van der Waals surface area contributed by atoms with Crippen molar-refractivity contribution in [1.29, 1.82) is 0 Å². The van der Waals surface area contributed by atoms with E-state index in [9.17, 15) is 0 Å². The number of benzene rings is 1. The van der Waals surface area contributed by atoms with Crippen molar-refractivity contribution < 1.29 is 0 Å². The maximum atomic E-state index is 3.67. The van der Waals surface area contributed by atoms with Gasteiger partial charge in [-0.2, -0.15) is 0 Å². The van der Waals surface area contributed by atoms with Crippen LogP contribution in [-0.2, 0) is 6.42 Å². The molecule has 0 N–H and O–H groups in total. The van der Waals surface area contributed by atoms with Crippen molar-refractivity contribution in [3.8, 4) is 0 Å². The number of allylic oxidation sites excluding steroid dienone is 3. The van der Waals surface area contributed by atoms with Crippen LogP contribution in [0, 0.1) is 0 Å². The molecule has 0 nitrogen and oxygen atoms in total. The molecule has 1 rings (SSSR count). The van der Waals surface area contributed by atoms with Gasteiger partial charge >= 0.3 is 0 Å². The predicted molar refractivity (Wildman–Crippen MR) is 81.8 cm³/mol. The molecule has 1 aromatic carbocycles. The molecule has 0 saturated heterocycles. The fourth-order valence-corrected chi connectivity index (χ4v) is 2.14. The molecule has 0 heteroatoms. The molecule has 98 valence electrons. The summed E-state index contributed by atoms with van der Waals surface area (Å²) in [6, 6.07) is 10.8. The van der Waals surface area contributed by atoms with Gasteiger partial charge in [0.1, 0.15) is 0 Å². The first-order valence-corrected chi connectivity index (χ1v) is 7.25. The molecule has 0 heterocycles. The number of rotatable bonds is 10. The summed E-state index contributed by atoms with van der Waals surface area (Å²) >= 11 is 0. The second-order valence-corrected chi connectivity index (χ2v) is 4.81. The maximum absolute atomic E-state index is 3.67. The average molecular weight is 242 g/mol. The Morgan fingerprint density at radius 1 is 0.833 bits per heavy atom. The van der Waals surface area contributed by atoms with Gasteiger partial charge < -0.3 is 0 Å². The Balaban J connectivity index is 1.87. The standard InChI is InChI=1S/C18H26/c1-2-3-4-5-6-7-8-9-10-12-15-18-16-13-11-14-17-18/h2-4,11,13-14,16-17H,1,5-10,12,15H2. The van der Waals surface area contributed by atoms with Gasteiger partial charge in [-0.15, -0.1) is 0 Å². The molecule has 0 aliphatic carbocycles. The molecule has 0 amide bonds. The average Bonchev–Trinajstić information content (AvgIpc) is 2.42. The third-order valence-electron chi connectivity index (χ3n) is 3.20. The highest BCUT2D eigenvalue weighted by Gasteiger charge is 1.93. The minimum absolute atomic E-state index is 1.20. The molecule has 0 bridgehead atoms. The van der Waals surface area contributed by atoms with Gasteiger partial charge in [0, 0.05) is 0 Å². The zero-order valence-corrected chi connectivity index (χ0v) is 11.5. The van der Waals surface area contributed by atoms with E-state index in [4.69, 9.17) is 0 Å². The summed E-state index contributed by atoms with van der Waals surface area (Å²) in [5.41, 5.74) is 1.48. The quantitative estimate of drug-likeness (QED) is 0.364. The Kier molecular flexibility index (Phi) is 8.88. The summed E-state index contributed by atoms with van der Waals surface area (Å²) in [6.45, 7) is 3.67. The van der Waals surface area contributed by atoms with E-state index in [1.807, 2.05) is 12.2 Å². The molecular formula is C18H26. The minimum Gasteiger partial charge on any atom is -0.0991 e. The van der Waals surface area contributed by atoms with Gasteiger partial charge in [-0.25, -0.2) is 0 Å². The van der Waals surface area contributed by atoms with E-state index in [1.54, 1.807) is 0 Å².